The minimum Gasteiger partial charge on any atom is -0.481 e. The Hall–Kier alpha value is -3.35. The van der Waals surface area contributed by atoms with Crippen LogP contribution in [-0.2, 0) is 14.3 Å². The van der Waals surface area contributed by atoms with Crippen molar-refractivity contribution in [3.05, 3.63) is 59.7 Å². The summed E-state index contributed by atoms with van der Waals surface area (Å²) in [6.07, 6.45) is -1.31. The van der Waals surface area contributed by atoms with Gasteiger partial charge in [-0.15, -0.1) is 0 Å². The number of ether oxygens (including phenoxy) is 1. The molecule has 0 heterocycles. The van der Waals surface area contributed by atoms with Gasteiger partial charge in [-0.25, -0.2) is 4.79 Å². The van der Waals surface area contributed by atoms with Crippen molar-refractivity contribution in [1.82, 2.24) is 10.2 Å². The molecule has 0 fully saturated rings. The molecule has 0 spiro atoms. The van der Waals surface area contributed by atoms with Crippen LogP contribution in [0.4, 0.5) is 4.79 Å². The van der Waals surface area contributed by atoms with E-state index < -0.39 is 30.4 Å². The standard InChI is InChI=1S/C26H32N2O5/c1-5-28(17(4)16(2)3)25(31)23(14-24(29)30)27-26(32)33-15-22-20-12-8-6-10-18(20)19-11-7-9-13-21(19)22/h6-13,16-17,22-23H,5,14-15H2,1-4H3,(H,27,32)(H,29,30). The van der Waals surface area contributed by atoms with Crippen molar-refractivity contribution in [3.63, 3.8) is 0 Å². The Labute approximate surface area is 194 Å². The van der Waals surface area contributed by atoms with Crippen LogP contribution in [0.5, 0.6) is 0 Å². The van der Waals surface area contributed by atoms with Crippen molar-refractivity contribution in [2.75, 3.05) is 13.2 Å². The molecule has 0 bridgehead atoms. The number of carbonyl (C=O) groups excluding carboxylic acids is 2. The first-order chi connectivity index (χ1) is 15.7. The van der Waals surface area contributed by atoms with E-state index in [0.29, 0.717) is 6.54 Å². The van der Waals surface area contributed by atoms with Crippen molar-refractivity contribution >= 4 is 18.0 Å². The average molecular weight is 453 g/mol. The van der Waals surface area contributed by atoms with E-state index in [1.165, 1.54) is 0 Å². The van der Waals surface area contributed by atoms with Crippen LogP contribution < -0.4 is 5.32 Å². The lowest BCUT2D eigenvalue weighted by molar-refractivity contribution is -0.143. The number of rotatable bonds is 9. The number of fused-ring (bicyclic) bond motifs is 3. The van der Waals surface area contributed by atoms with E-state index in [1.54, 1.807) is 4.90 Å². The van der Waals surface area contributed by atoms with Crippen LogP contribution in [0, 0.1) is 5.92 Å². The van der Waals surface area contributed by atoms with Crippen molar-refractivity contribution < 1.29 is 24.2 Å². The zero-order chi connectivity index (χ0) is 24.1. The van der Waals surface area contributed by atoms with E-state index >= 15 is 0 Å². The number of aliphatic carboxylic acids is 1. The first-order valence-corrected chi connectivity index (χ1v) is 11.4. The molecule has 0 saturated heterocycles. The molecular weight excluding hydrogens is 420 g/mol. The highest BCUT2D eigenvalue weighted by molar-refractivity contribution is 5.89. The Morgan fingerprint density at radius 2 is 1.55 bits per heavy atom. The lowest BCUT2D eigenvalue weighted by Gasteiger charge is -2.33. The lowest BCUT2D eigenvalue weighted by Crippen LogP contribution is -2.53. The average Bonchev–Trinajstić information content (AvgIpc) is 3.11. The molecule has 0 saturated carbocycles. The van der Waals surface area contributed by atoms with Gasteiger partial charge in [-0.2, -0.15) is 0 Å². The number of amides is 2. The topological polar surface area (TPSA) is 95.9 Å². The van der Waals surface area contributed by atoms with Gasteiger partial charge in [0.2, 0.25) is 5.91 Å². The molecule has 33 heavy (non-hydrogen) atoms. The second-order valence-corrected chi connectivity index (χ2v) is 8.73. The van der Waals surface area contributed by atoms with Crippen LogP contribution in [-0.4, -0.2) is 53.2 Å². The fraction of sp³-hybridized carbons (Fsp3) is 0.423. The van der Waals surface area contributed by atoms with Crippen LogP contribution >= 0.6 is 0 Å². The summed E-state index contributed by atoms with van der Waals surface area (Å²) in [4.78, 5) is 38.7. The minimum absolute atomic E-state index is 0.0910. The van der Waals surface area contributed by atoms with Gasteiger partial charge in [0.1, 0.15) is 12.6 Å². The minimum atomic E-state index is -1.20. The summed E-state index contributed by atoms with van der Waals surface area (Å²) in [6, 6.07) is 14.7. The normalized spacial score (nSPS) is 14.2. The van der Waals surface area contributed by atoms with E-state index in [0.717, 1.165) is 22.3 Å². The molecule has 0 aliphatic heterocycles. The summed E-state index contributed by atoms with van der Waals surface area (Å²) in [7, 11) is 0. The van der Waals surface area contributed by atoms with Crippen LogP contribution in [0.25, 0.3) is 11.1 Å². The van der Waals surface area contributed by atoms with Gasteiger partial charge in [0.15, 0.2) is 0 Å². The summed E-state index contributed by atoms with van der Waals surface area (Å²) in [6.45, 7) is 8.24. The van der Waals surface area contributed by atoms with E-state index in [2.05, 4.69) is 5.32 Å². The number of likely N-dealkylation sites (N-methyl/N-ethyl adjacent to an activating group) is 1. The number of alkyl carbamates (subject to hydrolysis) is 1. The molecule has 2 aromatic carbocycles. The predicted octanol–water partition coefficient (Wildman–Crippen LogP) is 4.26. The number of carbonyl (C=O) groups is 3. The monoisotopic (exact) mass is 452 g/mol. The maximum Gasteiger partial charge on any atom is 0.407 e. The highest BCUT2D eigenvalue weighted by atomic mass is 16.5. The number of benzene rings is 2. The SMILES string of the molecule is CCN(C(=O)C(CC(=O)O)NC(=O)OCC1c2ccccc2-c2ccccc21)C(C)C(C)C. The quantitative estimate of drug-likeness (QED) is 0.593. The van der Waals surface area contributed by atoms with Gasteiger partial charge in [0, 0.05) is 18.5 Å². The van der Waals surface area contributed by atoms with Gasteiger partial charge in [0.25, 0.3) is 0 Å². The lowest BCUT2D eigenvalue weighted by atomic mass is 9.98. The molecule has 2 N–H and O–H groups in total. The number of carboxylic acid groups (broad SMARTS) is 1. The molecule has 7 nitrogen and oxygen atoms in total. The molecule has 7 heteroatoms. The summed E-state index contributed by atoms with van der Waals surface area (Å²) in [5.41, 5.74) is 4.38. The molecule has 2 unspecified atom stereocenters. The van der Waals surface area contributed by atoms with Gasteiger partial charge in [-0.3, -0.25) is 9.59 Å². The van der Waals surface area contributed by atoms with E-state index in [4.69, 9.17) is 4.74 Å². The number of nitrogens with one attached hydrogen (secondary N) is 1. The third-order valence-corrected chi connectivity index (χ3v) is 6.39. The first kappa shape index (κ1) is 24.3. The van der Waals surface area contributed by atoms with Gasteiger partial charge in [-0.1, -0.05) is 62.4 Å². The fourth-order valence-corrected chi connectivity index (χ4v) is 4.36. The summed E-state index contributed by atoms with van der Waals surface area (Å²) in [5.74, 6) is -1.52. The maximum atomic E-state index is 13.1. The zero-order valence-electron chi connectivity index (χ0n) is 19.6. The maximum absolute atomic E-state index is 13.1. The van der Waals surface area contributed by atoms with Crippen molar-refractivity contribution in [1.29, 1.82) is 0 Å². The van der Waals surface area contributed by atoms with Crippen molar-refractivity contribution in [2.24, 2.45) is 5.92 Å². The number of hydrogen-bond donors (Lipinski definition) is 2. The molecular formula is C26H32N2O5. The van der Waals surface area contributed by atoms with E-state index in [1.807, 2.05) is 76.2 Å². The van der Waals surface area contributed by atoms with Crippen molar-refractivity contribution in [2.45, 2.75) is 52.1 Å². The van der Waals surface area contributed by atoms with Crippen LogP contribution in [0.3, 0.4) is 0 Å². The number of carboxylic acids is 1. The smallest absolute Gasteiger partial charge is 0.407 e. The zero-order valence-corrected chi connectivity index (χ0v) is 19.6. The molecule has 0 radical (unpaired) electrons. The summed E-state index contributed by atoms with van der Waals surface area (Å²) in [5, 5.41) is 11.8. The van der Waals surface area contributed by atoms with Gasteiger partial charge in [0.05, 0.1) is 6.42 Å². The third-order valence-electron chi connectivity index (χ3n) is 6.39. The molecule has 2 atom stereocenters. The predicted molar refractivity (Wildman–Crippen MR) is 126 cm³/mol. The Bertz CT molecular complexity index is 974. The molecule has 3 rings (SSSR count). The molecule has 1 aliphatic carbocycles. The second kappa shape index (κ2) is 10.5. The van der Waals surface area contributed by atoms with Gasteiger partial charge in [-0.05, 0) is 42.0 Å². The largest absolute Gasteiger partial charge is 0.481 e. The highest BCUT2D eigenvalue weighted by Gasteiger charge is 2.33. The molecule has 176 valence electrons. The molecule has 0 aromatic heterocycles. The third kappa shape index (κ3) is 5.35. The van der Waals surface area contributed by atoms with Gasteiger partial charge < -0.3 is 20.1 Å². The summed E-state index contributed by atoms with van der Waals surface area (Å²) >= 11 is 0. The summed E-state index contributed by atoms with van der Waals surface area (Å²) < 4.78 is 5.51. The second-order valence-electron chi connectivity index (χ2n) is 8.73. The molecule has 1 aliphatic rings. The van der Waals surface area contributed by atoms with Crippen LogP contribution in [0.15, 0.2) is 48.5 Å². The van der Waals surface area contributed by atoms with Crippen molar-refractivity contribution in [3.8, 4) is 11.1 Å². The molecule has 2 aromatic rings. The highest BCUT2D eigenvalue weighted by Crippen LogP contribution is 2.44. The Balaban J connectivity index is 1.71. The first-order valence-electron chi connectivity index (χ1n) is 11.4. The Kier molecular flexibility index (Phi) is 7.74. The Morgan fingerprint density at radius 3 is 2.03 bits per heavy atom. The number of nitrogens with zero attached hydrogens (tertiary/aromatic N) is 1. The molecule has 2 amide bonds. The Morgan fingerprint density at radius 1 is 1.00 bits per heavy atom. The van der Waals surface area contributed by atoms with Gasteiger partial charge >= 0.3 is 12.1 Å². The van der Waals surface area contributed by atoms with Crippen LogP contribution in [0.1, 0.15) is 51.2 Å². The van der Waals surface area contributed by atoms with E-state index in [9.17, 15) is 19.5 Å². The number of hydrogen-bond acceptors (Lipinski definition) is 4. The van der Waals surface area contributed by atoms with Crippen LogP contribution in [0.2, 0.25) is 0 Å². The van der Waals surface area contributed by atoms with E-state index in [-0.39, 0.29) is 24.5 Å². The fourth-order valence-electron chi connectivity index (χ4n) is 4.36.